The number of hydrogen-bond acceptors (Lipinski definition) is 1. The van der Waals surface area contributed by atoms with Gasteiger partial charge >= 0.3 is 0 Å². The molecule has 0 saturated heterocycles. The minimum atomic E-state index is -0.329. The van der Waals surface area contributed by atoms with E-state index in [2.05, 4.69) is 27.8 Å². The van der Waals surface area contributed by atoms with Crippen molar-refractivity contribution in [2.45, 2.75) is 6.42 Å². The van der Waals surface area contributed by atoms with Crippen LogP contribution in [0.15, 0.2) is 22.7 Å². The molecule has 0 amide bonds. The normalized spacial score (nSPS) is 8.38. The minimum Gasteiger partial charge on any atom is -0.207 e. The maximum absolute atomic E-state index is 12.7. The quantitative estimate of drug-likeness (QED) is 0.637. The first kappa shape index (κ1) is 9.77. The number of halogens is 2. The van der Waals surface area contributed by atoms with Gasteiger partial charge in [0.1, 0.15) is 5.82 Å². The molecule has 64 valence electrons. The summed E-state index contributed by atoms with van der Waals surface area (Å²) in [6, 6.07) is 6.15. The summed E-state index contributed by atoms with van der Waals surface area (Å²) in [6.45, 7) is 0. The van der Waals surface area contributed by atoms with E-state index < -0.39 is 0 Å². The maximum atomic E-state index is 12.7. The van der Waals surface area contributed by atoms with Crippen LogP contribution in [-0.4, -0.2) is 0 Å². The van der Waals surface area contributed by atoms with E-state index >= 15 is 0 Å². The Balaban J connectivity index is 2.97. The van der Waals surface area contributed by atoms with Crippen molar-refractivity contribution in [3.8, 4) is 17.9 Å². The molecule has 0 fully saturated rings. The number of rotatable bonds is 0. The van der Waals surface area contributed by atoms with Gasteiger partial charge in [0, 0.05) is 10.0 Å². The van der Waals surface area contributed by atoms with Crippen LogP contribution in [0.5, 0.6) is 0 Å². The Labute approximate surface area is 84.3 Å². The van der Waals surface area contributed by atoms with E-state index in [0.29, 0.717) is 5.56 Å². The summed E-state index contributed by atoms with van der Waals surface area (Å²) >= 11 is 3.23. The fourth-order valence-corrected chi connectivity index (χ4v) is 1.12. The van der Waals surface area contributed by atoms with Crippen molar-refractivity contribution in [3.05, 3.63) is 34.1 Å². The van der Waals surface area contributed by atoms with Crippen LogP contribution in [0.3, 0.4) is 0 Å². The molecule has 1 aromatic carbocycles. The average molecular weight is 238 g/mol. The lowest BCUT2D eigenvalue weighted by molar-refractivity contribution is 0.627. The molecule has 0 bridgehead atoms. The van der Waals surface area contributed by atoms with E-state index in [1.165, 1.54) is 12.1 Å². The van der Waals surface area contributed by atoms with E-state index in [1.54, 1.807) is 6.07 Å². The molecule has 0 saturated carbocycles. The van der Waals surface area contributed by atoms with Gasteiger partial charge < -0.3 is 0 Å². The average Bonchev–Trinajstić information content (AvgIpc) is 2.11. The Morgan fingerprint density at radius 1 is 1.46 bits per heavy atom. The third kappa shape index (κ3) is 2.89. The zero-order valence-electron chi connectivity index (χ0n) is 6.64. The van der Waals surface area contributed by atoms with Crippen LogP contribution in [0, 0.1) is 29.0 Å². The first-order chi connectivity index (χ1) is 6.24. The Kier molecular flexibility index (Phi) is 3.49. The second-order valence-corrected chi connectivity index (χ2v) is 3.12. The summed E-state index contributed by atoms with van der Waals surface area (Å²) in [6.07, 6.45) is 0.156. The van der Waals surface area contributed by atoms with E-state index in [0.717, 1.165) is 4.47 Å². The summed E-state index contributed by atoms with van der Waals surface area (Å²) in [5.74, 6) is 4.98. The molecule has 0 atom stereocenters. The second-order valence-electron chi connectivity index (χ2n) is 2.26. The first-order valence-corrected chi connectivity index (χ1v) is 4.34. The van der Waals surface area contributed by atoms with Crippen LogP contribution in [0.4, 0.5) is 4.39 Å². The monoisotopic (exact) mass is 237 g/mol. The van der Waals surface area contributed by atoms with E-state index in [4.69, 9.17) is 5.26 Å². The Bertz CT molecular complexity index is 409. The lowest BCUT2D eigenvalue weighted by Gasteiger charge is -1.94. The van der Waals surface area contributed by atoms with Crippen molar-refractivity contribution in [3.63, 3.8) is 0 Å². The molecule has 1 aromatic rings. The standard InChI is InChI=1S/C10H5BrFN/c11-10-5-4-9(12)7-8(10)3-1-2-6-13/h4-5,7H,2H2. The summed E-state index contributed by atoms with van der Waals surface area (Å²) in [5, 5.41) is 8.23. The van der Waals surface area contributed by atoms with Gasteiger partial charge in [-0.1, -0.05) is 11.8 Å². The van der Waals surface area contributed by atoms with Gasteiger partial charge in [-0.05, 0) is 34.1 Å². The lowest BCUT2D eigenvalue weighted by atomic mass is 10.2. The summed E-state index contributed by atoms with van der Waals surface area (Å²) in [5.41, 5.74) is 0.565. The molecule has 0 spiro atoms. The highest BCUT2D eigenvalue weighted by Crippen LogP contribution is 2.16. The highest BCUT2D eigenvalue weighted by molar-refractivity contribution is 9.10. The minimum absolute atomic E-state index is 0.156. The number of hydrogen-bond donors (Lipinski definition) is 0. The highest BCUT2D eigenvalue weighted by atomic mass is 79.9. The van der Waals surface area contributed by atoms with Gasteiger partial charge in [-0.2, -0.15) is 5.26 Å². The van der Waals surface area contributed by atoms with Crippen LogP contribution in [0.25, 0.3) is 0 Å². The molecule has 3 heteroatoms. The van der Waals surface area contributed by atoms with Crippen molar-refractivity contribution >= 4 is 15.9 Å². The molecule has 0 aromatic heterocycles. The zero-order valence-corrected chi connectivity index (χ0v) is 8.23. The number of nitriles is 1. The molecule has 1 rings (SSSR count). The van der Waals surface area contributed by atoms with E-state index in [1.807, 2.05) is 6.07 Å². The third-order valence-corrected chi connectivity index (χ3v) is 2.01. The van der Waals surface area contributed by atoms with Crippen LogP contribution in [0.2, 0.25) is 0 Å². The predicted octanol–water partition coefficient (Wildman–Crippen LogP) is 2.85. The second kappa shape index (κ2) is 4.64. The first-order valence-electron chi connectivity index (χ1n) is 3.55. The van der Waals surface area contributed by atoms with Crippen molar-refractivity contribution in [2.24, 2.45) is 0 Å². The molecule has 0 aliphatic carbocycles. The van der Waals surface area contributed by atoms with Crippen molar-refractivity contribution in [2.75, 3.05) is 0 Å². The summed E-state index contributed by atoms with van der Waals surface area (Å²) in [7, 11) is 0. The maximum Gasteiger partial charge on any atom is 0.124 e. The van der Waals surface area contributed by atoms with E-state index in [-0.39, 0.29) is 12.2 Å². The Morgan fingerprint density at radius 3 is 2.92 bits per heavy atom. The number of benzene rings is 1. The number of nitrogens with zero attached hydrogens (tertiary/aromatic N) is 1. The molecule has 0 heterocycles. The molecular weight excluding hydrogens is 233 g/mol. The summed E-state index contributed by atoms with van der Waals surface area (Å²) < 4.78 is 13.4. The van der Waals surface area contributed by atoms with Crippen molar-refractivity contribution in [1.82, 2.24) is 0 Å². The Morgan fingerprint density at radius 2 is 2.23 bits per heavy atom. The molecule has 13 heavy (non-hydrogen) atoms. The zero-order chi connectivity index (χ0) is 9.68. The van der Waals surface area contributed by atoms with Gasteiger partial charge in [0.25, 0.3) is 0 Å². The SMILES string of the molecule is N#CCC#Cc1cc(F)ccc1Br. The lowest BCUT2D eigenvalue weighted by Crippen LogP contribution is -1.80. The van der Waals surface area contributed by atoms with Crippen molar-refractivity contribution < 1.29 is 4.39 Å². The molecule has 0 radical (unpaired) electrons. The van der Waals surface area contributed by atoms with Crippen LogP contribution < -0.4 is 0 Å². The topological polar surface area (TPSA) is 23.8 Å². The molecule has 1 nitrogen and oxygen atoms in total. The Hall–Kier alpha value is -1.32. The van der Waals surface area contributed by atoms with Gasteiger partial charge in [0.05, 0.1) is 12.5 Å². The molecule has 0 aliphatic rings. The van der Waals surface area contributed by atoms with Gasteiger partial charge in [-0.3, -0.25) is 0 Å². The summed E-state index contributed by atoms with van der Waals surface area (Å²) in [4.78, 5) is 0. The highest BCUT2D eigenvalue weighted by Gasteiger charge is 1.97. The fraction of sp³-hybridized carbons (Fsp3) is 0.100. The van der Waals surface area contributed by atoms with E-state index in [9.17, 15) is 4.39 Å². The van der Waals surface area contributed by atoms with Gasteiger partial charge in [-0.15, -0.1) is 0 Å². The van der Waals surface area contributed by atoms with Crippen molar-refractivity contribution in [1.29, 1.82) is 5.26 Å². The fourth-order valence-electron chi connectivity index (χ4n) is 0.772. The predicted molar refractivity (Wildman–Crippen MR) is 51.2 cm³/mol. The van der Waals surface area contributed by atoms with Crippen LogP contribution >= 0.6 is 15.9 Å². The largest absolute Gasteiger partial charge is 0.207 e. The van der Waals surface area contributed by atoms with Gasteiger partial charge in [0.2, 0.25) is 0 Å². The molecule has 0 N–H and O–H groups in total. The molecule has 0 unspecified atom stereocenters. The molecular formula is C10H5BrFN. The smallest absolute Gasteiger partial charge is 0.124 e. The van der Waals surface area contributed by atoms with Gasteiger partial charge in [0.15, 0.2) is 0 Å². The van der Waals surface area contributed by atoms with Gasteiger partial charge in [-0.25, -0.2) is 4.39 Å². The van der Waals surface area contributed by atoms with Crippen LogP contribution in [-0.2, 0) is 0 Å². The third-order valence-electron chi connectivity index (χ3n) is 1.32. The molecule has 0 aliphatic heterocycles. The van der Waals surface area contributed by atoms with Crippen LogP contribution in [0.1, 0.15) is 12.0 Å².